The zero-order valence-corrected chi connectivity index (χ0v) is 14.4. The van der Waals surface area contributed by atoms with E-state index in [9.17, 15) is 4.79 Å². The lowest BCUT2D eigenvalue weighted by Crippen LogP contribution is -2.42. The van der Waals surface area contributed by atoms with E-state index in [0.29, 0.717) is 19.0 Å². The van der Waals surface area contributed by atoms with Crippen molar-refractivity contribution in [3.63, 3.8) is 0 Å². The van der Waals surface area contributed by atoms with Crippen LogP contribution in [0.25, 0.3) is 0 Å². The zero-order chi connectivity index (χ0) is 16.7. The van der Waals surface area contributed by atoms with E-state index in [1.807, 2.05) is 24.6 Å². The van der Waals surface area contributed by atoms with Gasteiger partial charge in [-0.1, -0.05) is 6.07 Å². The monoisotopic (exact) mass is 334 g/mol. The van der Waals surface area contributed by atoms with Gasteiger partial charge in [0, 0.05) is 32.2 Å². The van der Waals surface area contributed by atoms with Gasteiger partial charge in [0.2, 0.25) is 5.91 Å². The first-order valence-corrected chi connectivity index (χ1v) is 8.16. The summed E-state index contributed by atoms with van der Waals surface area (Å²) in [5.41, 5.74) is 1.00. The fourth-order valence-corrected chi connectivity index (χ4v) is 2.44. The van der Waals surface area contributed by atoms with Crippen LogP contribution in [0.2, 0.25) is 0 Å². The van der Waals surface area contributed by atoms with Crippen LogP contribution in [-0.2, 0) is 24.9 Å². The maximum absolute atomic E-state index is 11.7. The maximum atomic E-state index is 11.7. The second kappa shape index (κ2) is 8.33. The van der Waals surface area contributed by atoms with Gasteiger partial charge in [0.05, 0.1) is 25.3 Å². The van der Waals surface area contributed by atoms with Crippen LogP contribution in [0.5, 0.6) is 0 Å². The van der Waals surface area contributed by atoms with Crippen LogP contribution < -0.4 is 10.6 Å². The first kappa shape index (κ1) is 17.0. The summed E-state index contributed by atoms with van der Waals surface area (Å²) in [5, 5.41) is 12.5. The number of carbonyl (C=O) groups is 1. The Kier molecular flexibility index (Phi) is 6.16. The molecule has 2 rings (SSSR count). The van der Waals surface area contributed by atoms with Crippen LogP contribution in [-0.4, -0.2) is 47.2 Å². The van der Waals surface area contributed by atoms with Crippen LogP contribution in [0.4, 0.5) is 0 Å². The molecule has 7 nitrogen and oxygen atoms in total. The number of hydrogen-bond acceptors (Lipinski definition) is 4. The average Bonchev–Trinajstić information content (AvgIpc) is 3.17. The van der Waals surface area contributed by atoms with Gasteiger partial charge in [-0.15, -0.1) is 11.3 Å². The van der Waals surface area contributed by atoms with Gasteiger partial charge in [-0.25, -0.2) is 4.99 Å². The SMILES string of the molecule is CN(C)C(=O)CNC(=NCc1ccnn1C)NCc1cccs1. The van der Waals surface area contributed by atoms with Crippen molar-refractivity contribution in [3.05, 3.63) is 40.3 Å². The topological polar surface area (TPSA) is 74.5 Å². The Hall–Kier alpha value is -2.35. The molecule has 0 aromatic carbocycles. The van der Waals surface area contributed by atoms with Crippen LogP contribution >= 0.6 is 11.3 Å². The molecule has 124 valence electrons. The number of hydrogen-bond donors (Lipinski definition) is 2. The van der Waals surface area contributed by atoms with E-state index in [0.717, 1.165) is 5.69 Å². The molecule has 0 atom stereocenters. The molecule has 0 bridgehead atoms. The van der Waals surface area contributed by atoms with E-state index in [1.54, 1.807) is 41.2 Å². The van der Waals surface area contributed by atoms with Crippen LogP contribution in [0.3, 0.4) is 0 Å². The second-order valence-corrected chi connectivity index (χ2v) is 6.22. The van der Waals surface area contributed by atoms with Crippen molar-refractivity contribution in [3.8, 4) is 0 Å². The van der Waals surface area contributed by atoms with E-state index in [-0.39, 0.29) is 12.5 Å². The fraction of sp³-hybridized carbons (Fsp3) is 0.400. The van der Waals surface area contributed by atoms with Gasteiger partial charge >= 0.3 is 0 Å². The predicted molar refractivity (Wildman–Crippen MR) is 92.2 cm³/mol. The molecule has 0 fully saturated rings. The van der Waals surface area contributed by atoms with E-state index in [4.69, 9.17) is 0 Å². The Morgan fingerprint density at radius 2 is 2.22 bits per heavy atom. The molecule has 2 heterocycles. The highest BCUT2D eigenvalue weighted by molar-refractivity contribution is 7.09. The zero-order valence-electron chi connectivity index (χ0n) is 13.6. The number of guanidine groups is 1. The van der Waals surface area contributed by atoms with Gasteiger partial charge in [-0.2, -0.15) is 5.10 Å². The van der Waals surface area contributed by atoms with Crippen molar-refractivity contribution in [2.24, 2.45) is 12.0 Å². The molecule has 8 heteroatoms. The lowest BCUT2D eigenvalue weighted by Gasteiger charge is -2.14. The van der Waals surface area contributed by atoms with Crippen LogP contribution in [0.1, 0.15) is 10.6 Å². The normalized spacial score (nSPS) is 11.3. The molecule has 0 aliphatic carbocycles. The van der Waals surface area contributed by atoms with Gasteiger partial charge in [0.1, 0.15) is 0 Å². The number of thiophene rings is 1. The summed E-state index contributed by atoms with van der Waals surface area (Å²) in [5.74, 6) is 0.603. The number of carbonyl (C=O) groups excluding carboxylic acids is 1. The van der Waals surface area contributed by atoms with E-state index < -0.39 is 0 Å². The first-order chi connectivity index (χ1) is 11.1. The van der Waals surface area contributed by atoms with E-state index >= 15 is 0 Å². The molecule has 2 N–H and O–H groups in total. The lowest BCUT2D eigenvalue weighted by molar-refractivity contribution is -0.127. The standard InChI is InChI=1S/C15H22N6OS/c1-20(2)14(22)11-18-15(17-10-13-5-4-8-23-13)16-9-12-6-7-19-21(12)3/h4-8H,9-11H2,1-3H3,(H2,16,17,18). The van der Waals surface area contributed by atoms with Crippen LogP contribution in [0.15, 0.2) is 34.8 Å². The molecule has 2 aromatic heterocycles. The summed E-state index contributed by atoms with van der Waals surface area (Å²) >= 11 is 1.68. The Morgan fingerprint density at radius 3 is 2.83 bits per heavy atom. The Balaban J connectivity index is 1.97. The number of amides is 1. The number of aryl methyl sites for hydroxylation is 1. The lowest BCUT2D eigenvalue weighted by atomic mass is 10.4. The van der Waals surface area contributed by atoms with Gasteiger partial charge in [0.25, 0.3) is 0 Å². The minimum atomic E-state index is -0.00356. The van der Waals surface area contributed by atoms with Crippen molar-refractivity contribution in [1.82, 2.24) is 25.3 Å². The number of aliphatic imine (C=N–C) groups is 1. The summed E-state index contributed by atoms with van der Waals surface area (Å²) in [6.45, 7) is 1.37. The van der Waals surface area contributed by atoms with Crippen molar-refractivity contribution in [2.45, 2.75) is 13.1 Å². The summed E-state index contributed by atoms with van der Waals surface area (Å²) < 4.78 is 1.78. The third-order valence-corrected chi connectivity index (χ3v) is 4.11. The average molecular weight is 334 g/mol. The number of aromatic nitrogens is 2. The largest absolute Gasteiger partial charge is 0.351 e. The van der Waals surface area contributed by atoms with Crippen molar-refractivity contribution >= 4 is 23.2 Å². The highest BCUT2D eigenvalue weighted by Crippen LogP contribution is 2.07. The third kappa shape index (κ3) is 5.41. The summed E-state index contributed by atoms with van der Waals surface area (Å²) in [6.07, 6.45) is 1.74. The number of likely N-dealkylation sites (N-methyl/N-ethyl adjacent to an activating group) is 1. The van der Waals surface area contributed by atoms with Crippen molar-refractivity contribution in [2.75, 3.05) is 20.6 Å². The van der Waals surface area contributed by atoms with Gasteiger partial charge in [0.15, 0.2) is 5.96 Å². The molecule has 0 spiro atoms. The molecular formula is C15H22N6OS. The van der Waals surface area contributed by atoms with Crippen molar-refractivity contribution in [1.29, 1.82) is 0 Å². The van der Waals surface area contributed by atoms with Gasteiger partial charge in [-0.3, -0.25) is 9.48 Å². The maximum Gasteiger partial charge on any atom is 0.241 e. The highest BCUT2D eigenvalue weighted by atomic mass is 32.1. The Labute approximate surface area is 140 Å². The Morgan fingerprint density at radius 1 is 1.39 bits per heavy atom. The van der Waals surface area contributed by atoms with Crippen molar-refractivity contribution < 1.29 is 4.79 Å². The molecule has 0 saturated heterocycles. The fourth-order valence-electron chi connectivity index (χ4n) is 1.79. The minimum Gasteiger partial charge on any atom is -0.351 e. The molecule has 2 aromatic rings. The molecule has 23 heavy (non-hydrogen) atoms. The van der Waals surface area contributed by atoms with Crippen LogP contribution in [0, 0.1) is 0 Å². The van der Waals surface area contributed by atoms with Gasteiger partial charge in [-0.05, 0) is 17.5 Å². The van der Waals surface area contributed by atoms with E-state index in [2.05, 4.69) is 26.8 Å². The molecule has 0 saturated carbocycles. The molecule has 0 aliphatic rings. The van der Waals surface area contributed by atoms with E-state index in [1.165, 1.54) is 4.88 Å². The molecule has 0 aliphatic heterocycles. The highest BCUT2D eigenvalue weighted by Gasteiger charge is 2.07. The third-order valence-electron chi connectivity index (χ3n) is 3.24. The molecular weight excluding hydrogens is 312 g/mol. The number of nitrogens with one attached hydrogen (secondary N) is 2. The number of rotatable bonds is 6. The molecule has 1 amide bonds. The Bertz CT molecular complexity index is 647. The number of nitrogens with zero attached hydrogens (tertiary/aromatic N) is 4. The summed E-state index contributed by atoms with van der Waals surface area (Å²) in [4.78, 5) is 19.0. The smallest absolute Gasteiger partial charge is 0.241 e. The summed E-state index contributed by atoms with van der Waals surface area (Å²) in [7, 11) is 5.34. The van der Waals surface area contributed by atoms with Gasteiger partial charge < -0.3 is 15.5 Å². The molecule has 0 radical (unpaired) electrons. The minimum absolute atomic E-state index is 0.00356. The summed E-state index contributed by atoms with van der Waals surface area (Å²) in [6, 6.07) is 5.99. The quantitative estimate of drug-likeness (QED) is 0.605. The molecule has 0 unspecified atom stereocenters. The predicted octanol–water partition coefficient (Wildman–Crippen LogP) is 0.805. The second-order valence-electron chi connectivity index (χ2n) is 5.19. The first-order valence-electron chi connectivity index (χ1n) is 7.28.